The summed E-state index contributed by atoms with van der Waals surface area (Å²) < 4.78 is 43.1. The van der Waals surface area contributed by atoms with Gasteiger partial charge in [0.2, 0.25) is 0 Å². The van der Waals surface area contributed by atoms with Gasteiger partial charge >= 0.3 is 6.18 Å². The van der Waals surface area contributed by atoms with Crippen molar-refractivity contribution in [1.29, 1.82) is 0 Å². The van der Waals surface area contributed by atoms with E-state index in [9.17, 15) is 18.0 Å². The summed E-state index contributed by atoms with van der Waals surface area (Å²) in [5.74, 6) is -0.570. The summed E-state index contributed by atoms with van der Waals surface area (Å²) in [4.78, 5) is 16.4. The van der Waals surface area contributed by atoms with Crippen LogP contribution in [-0.2, 0) is 17.3 Å². The second kappa shape index (κ2) is 9.75. The largest absolute Gasteiger partial charge is 0.465 e. The van der Waals surface area contributed by atoms with Crippen molar-refractivity contribution in [3.05, 3.63) is 71.3 Å². The molecule has 7 heteroatoms. The van der Waals surface area contributed by atoms with Crippen molar-refractivity contribution in [1.82, 2.24) is 5.32 Å². The van der Waals surface area contributed by atoms with Crippen LogP contribution in [-0.4, -0.2) is 25.1 Å². The molecule has 2 rings (SSSR count). The highest BCUT2D eigenvalue weighted by molar-refractivity contribution is 6.04. The number of halogens is 3. The van der Waals surface area contributed by atoms with Gasteiger partial charge in [-0.25, -0.2) is 4.99 Å². The Bertz CT molecular complexity index is 757. The molecule has 0 aliphatic rings. The number of amides is 1. The van der Waals surface area contributed by atoms with E-state index in [2.05, 4.69) is 10.3 Å². The van der Waals surface area contributed by atoms with Gasteiger partial charge in [-0.1, -0.05) is 30.3 Å². The average Bonchev–Trinajstić information content (AvgIpc) is 2.65. The molecule has 0 radical (unpaired) electrons. The number of carbonyl (C=O) groups is 1. The molecule has 0 atom stereocenters. The van der Waals surface area contributed by atoms with Crippen LogP contribution >= 0.6 is 0 Å². The Kier molecular flexibility index (Phi) is 7.40. The SMILES string of the molecule is CCOC(=NCCCc1ccccc1)NC(=O)c1ccc(C(F)(F)F)cc1. The number of amidine groups is 1. The van der Waals surface area contributed by atoms with Gasteiger partial charge in [0.25, 0.3) is 11.9 Å². The van der Waals surface area contributed by atoms with Crippen LogP contribution in [0.3, 0.4) is 0 Å². The van der Waals surface area contributed by atoms with Gasteiger partial charge < -0.3 is 4.74 Å². The fourth-order valence-corrected chi connectivity index (χ4v) is 2.35. The van der Waals surface area contributed by atoms with Crippen molar-refractivity contribution >= 4 is 11.9 Å². The molecule has 0 saturated carbocycles. The number of aryl methyl sites for hydroxylation is 1. The number of nitrogens with one attached hydrogen (secondary N) is 1. The predicted octanol–water partition coefficient (Wildman–Crippen LogP) is 4.46. The number of carbonyl (C=O) groups excluding carboxylic acids is 1. The number of nitrogens with zero attached hydrogens (tertiary/aromatic N) is 1. The molecule has 1 N–H and O–H groups in total. The zero-order chi connectivity index (χ0) is 19.7. The molecule has 0 aliphatic heterocycles. The van der Waals surface area contributed by atoms with Crippen LogP contribution in [0.5, 0.6) is 0 Å². The first kappa shape index (κ1) is 20.5. The lowest BCUT2D eigenvalue weighted by molar-refractivity contribution is -0.137. The molecule has 4 nitrogen and oxygen atoms in total. The van der Waals surface area contributed by atoms with E-state index in [-0.39, 0.29) is 11.6 Å². The third-order valence-electron chi connectivity index (χ3n) is 3.70. The van der Waals surface area contributed by atoms with Crippen molar-refractivity contribution in [2.45, 2.75) is 25.9 Å². The van der Waals surface area contributed by atoms with E-state index in [1.807, 2.05) is 30.3 Å². The van der Waals surface area contributed by atoms with Gasteiger partial charge in [-0.05, 0) is 49.6 Å². The van der Waals surface area contributed by atoms with E-state index in [0.29, 0.717) is 13.2 Å². The standard InChI is InChI=1S/C20H21F3N2O2/c1-2-27-19(24-14-6-9-15-7-4-3-5-8-15)25-18(26)16-10-12-17(13-11-16)20(21,22)23/h3-5,7-8,10-13H,2,6,9,14H2,1H3,(H,24,25,26). The average molecular weight is 378 g/mol. The highest BCUT2D eigenvalue weighted by Crippen LogP contribution is 2.29. The fraction of sp³-hybridized carbons (Fsp3) is 0.300. The van der Waals surface area contributed by atoms with Crippen LogP contribution in [0, 0.1) is 0 Å². The Labute approximate surface area is 156 Å². The number of aliphatic imine (C=N–C) groups is 1. The Balaban J connectivity index is 1.92. The third kappa shape index (κ3) is 6.77. The van der Waals surface area contributed by atoms with E-state index in [4.69, 9.17) is 4.74 Å². The molecule has 2 aromatic rings. The summed E-state index contributed by atoms with van der Waals surface area (Å²) in [7, 11) is 0. The van der Waals surface area contributed by atoms with Gasteiger partial charge in [0.15, 0.2) is 0 Å². The van der Waals surface area contributed by atoms with Gasteiger partial charge in [-0.15, -0.1) is 0 Å². The van der Waals surface area contributed by atoms with Crippen molar-refractivity contribution in [2.75, 3.05) is 13.2 Å². The summed E-state index contributed by atoms with van der Waals surface area (Å²) in [5.41, 5.74) is 0.484. The lowest BCUT2D eigenvalue weighted by Crippen LogP contribution is -2.33. The minimum absolute atomic E-state index is 0.0652. The Morgan fingerprint density at radius 2 is 1.74 bits per heavy atom. The van der Waals surface area contributed by atoms with Crippen LogP contribution < -0.4 is 5.32 Å². The summed E-state index contributed by atoms with van der Waals surface area (Å²) in [6, 6.07) is 14.0. The van der Waals surface area contributed by atoms with E-state index < -0.39 is 17.6 Å². The van der Waals surface area contributed by atoms with Crippen LogP contribution in [0.1, 0.15) is 34.8 Å². The van der Waals surface area contributed by atoms with E-state index in [1.165, 1.54) is 5.56 Å². The smallest absolute Gasteiger partial charge is 0.416 e. The minimum atomic E-state index is -4.44. The molecule has 27 heavy (non-hydrogen) atoms. The molecule has 1 amide bonds. The van der Waals surface area contributed by atoms with Crippen LogP contribution in [0.2, 0.25) is 0 Å². The lowest BCUT2D eigenvalue weighted by Gasteiger charge is -2.10. The number of hydrogen-bond acceptors (Lipinski definition) is 3. The Morgan fingerprint density at radius 1 is 1.07 bits per heavy atom. The van der Waals surface area contributed by atoms with Gasteiger partial charge in [0, 0.05) is 12.1 Å². The molecule has 144 valence electrons. The third-order valence-corrected chi connectivity index (χ3v) is 3.70. The quantitative estimate of drug-likeness (QED) is 0.458. The maximum atomic E-state index is 12.6. The van der Waals surface area contributed by atoms with Gasteiger partial charge in [-0.3, -0.25) is 10.1 Å². The highest BCUT2D eigenvalue weighted by Gasteiger charge is 2.30. The zero-order valence-electron chi connectivity index (χ0n) is 14.9. The van der Waals surface area contributed by atoms with Crippen LogP contribution in [0.25, 0.3) is 0 Å². The first-order valence-electron chi connectivity index (χ1n) is 8.60. The van der Waals surface area contributed by atoms with Crippen molar-refractivity contribution in [3.8, 4) is 0 Å². The predicted molar refractivity (Wildman–Crippen MR) is 97.6 cm³/mol. The summed E-state index contributed by atoms with van der Waals surface area (Å²) in [5, 5.41) is 2.50. The topological polar surface area (TPSA) is 50.7 Å². The van der Waals surface area contributed by atoms with Crippen LogP contribution in [0.4, 0.5) is 13.2 Å². The minimum Gasteiger partial charge on any atom is -0.465 e. The number of alkyl halides is 3. The molecular weight excluding hydrogens is 357 g/mol. The molecule has 0 heterocycles. The summed E-state index contributed by atoms with van der Waals surface area (Å²) in [6.07, 6.45) is -2.82. The van der Waals surface area contributed by atoms with E-state index in [1.54, 1.807) is 6.92 Å². The Hall–Kier alpha value is -2.83. The number of ether oxygens (including phenoxy) is 1. The number of hydrogen-bond donors (Lipinski definition) is 1. The zero-order valence-corrected chi connectivity index (χ0v) is 14.9. The molecular formula is C20H21F3N2O2. The van der Waals surface area contributed by atoms with E-state index in [0.717, 1.165) is 37.1 Å². The maximum Gasteiger partial charge on any atom is 0.416 e. The molecule has 0 aliphatic carbocycles. The molecule has 0 saturated heterocycles. The Morgan fingerprint density at radius 3 is 2.33 bits per heavy atom. The van der Waals surface area contributed by atoms with Gasteiger partial charge in [0.1, 0.15) is 0 Å². The first-order chi connectivity index (χ1) is 12.9. The number of benzene rings is 2. The lowest BCUT2D eigenvalue weighted by atomic mass is 10.1. The van der Waals surface area contributed by atoms with Crippen molar-refractivity contribution in [2.24, 2.45) is 4.99 Å². The monoisotopic (exact) mass is 378 g/mol. The second-order valence-electron chi connectivity index (χ2n) is 5.74. The molecule has 0 fully saturated rings. The normalized spacial score (nSPS) is 11.9. The van der Waals surface area contributed by atoms with Crippen LogP contribution in [0.15, 0.2) is 59.6 Å². The molecule has 0 unspecified atom stereocenters. The van der Waals surface area contributed by atoms with Crippen molar-refractivity contribution < 1.29 is 22.7 Å². The van der Waals surface area contributed by atoms with Gasteiger partial charge in [0.05, 0.1) is 12.2 Å². The molecule has 2 aromatic carbocycles. The maximum absolute atomic E-state index is 12.6. The second-order valence-corrected chi connectivity index (χ2v) is 5.74. The molecule has 0 bridgehead atoms. The highest BCUT2D eigenvalue weighted by atomic mass is 19.4. The summed E-state index contributed by atoms with van der Waals surface area (Å²) >= 11 is 0. The number of rotatable bonds is 6. The van der Waals surface area contributed by atoms with Crippen molar-refractivity contribution in [3.63, 3.8) is 0 Å². The first-order valence-corrected chi connectivity index (χ1v) is 8.60. The fourth-order valence-electron chi connectivity index (χ4n) is 2.35. The summed E-state index contributed by atoms with van der Waals surface area (Å²) in [6.45, 7) is 2.52. The van der Waals surface area contributed by atoms with E-state index >= 15 is 0 Å². The van der Waals surface area contributed by atoms with Gasteiger partial charge in [-0.2, -0.15) is 13.2 Å². The molecule has 0 aromatic heterocycles. The molecule has 0 spiro atoms.